The van der Waals surface area contributed by atoms with Gasteiger partial charge in [-0.15, -0.1) is 0 Å². The first kappa shape index (κ1) is 15.6. The van der Waals surface area contributed by atoms with Gasteiger partial charge in [-0.1, -0.05) is 42.5 Å². The molecule has 130 valence electrons. The van der Waals surface area contributed by atoms with Crippen LogP contribution < -0.4 is 0 Å². The van der Waals surface area contributed by atoms with Gasteiger partial charge in [0.1, 0.15) is 0 Å². The predicted molar refractivity (Wildman–Crippen MR) is 107 cm³/mol. The summed E-state index contributed by atoms with van der Waals surface area (Å²) in [5.41, 5.74) is 4.36. The number of rotatable bonds is 2. The number of aryl methyl sites for hydroxylation is 1. The first-order valence-corrected chi connectivity index (χ1v) is 8.76. The highest BCUT2D eigenvalue weighted by atomic mass is 16.6. The van der Waals surface area contributed by atoms with Gasteiger partial charge in [0, 0.05) is 34.4 Å². The zero-order chi connectivity index (χ0) is 18.4. The van der Waals surface area contributed by atoms with Crippen molar-refractivity contribution in [3.8, 4) is 0 Å². The van der Waals surface area contributed by atoms with Crippen molar-refractivity contribution >= 4 is 39.7 Å². The molecule has 0 bridgehead atoms. The topological polar surface area (TPSA) is 43.6 Å². The van der Waals surface area contributed by atoms with Crippen LogP contribution in [0.4, 0.5) is 0 Å². The van der Waals surface area contributed by atoms with E-state index < -0.39 is 5.97 Å². The van der Waals surface area contributed by atoms with Crippen LogP contribution in [0.15, 0.2) is 83.5 Å². The lowest BCUT2D eigenvalue weighted by molar-refractivity contribution is -0.129. The van der Waals surface area contributed by atoms with Gasteiger partial charge in [0.25, 0.3) is 0 Å². The molecule has 1 aliphatic rings. The van der Waals surface area contributed by atoms with Gasteiger partial charge in [-0.05, 0) is 42.0 Å². The maximum atomic E-state index is 12.2. The third-order valence-electron chi connectivity index (χ3n) is 4.88. The number of carbonyl (C=O) groups is 1. The van der Waals surface area contributed by atoms with Gasteiger partial charge in [-0.3, -0.25) is 0 Å². The monoisotopic (exact) mass is 352 g/mol. The molecule has 0 fully saturated rings. The molecule has 0 N–H and O–H groups in total. The van der Waals surface area contributed by atoms with E-state index in [1.54, 1.807) is 6.08 Å². The molecule has 2 heterocycles. The van der Waals surface area contributed by atoms with Crippen molar-refractivity contribution in [3.05, 3.63) is 89.6 Å². The summed E-state index contributed by atoms with van der Waals surface area (Å²) in [6.07, 6.45) is 1.78. The fourth-order valence-electron chi connectivity index (χ4n) is 3.55. The first-order valence-electron chi connectivity index (χ1n) is 8.76. The minimum absolute atomic E-state index is 0.313. The number of carbonyl (C=O) groups excluding carboxylic acids is 1. The minimum atomic E-state index is -0.424. The van der Waals surface area contributed by atoms with Gasteiger partial charge in [0.05, 0.1) is 0 Å². The fraction of sp³-hybridized carbons (Fsp3) is 0.0435. The molecule has 0 atom stereocenters. The maximum Gasteiger partial charge on any atom is 0.363 e. The van der Waals surface area contributed by atoms with Crippen LogP contribution in [0.5, 0.6) is 0 Å². The van der Waals surface area contributed by atoms with Gasteiger partial charge in [-0.2, -0.15) is 0 Å². The highest BCUT2D eigenvalue weighted by Gasteiger charge is 2.24. The van der Waals surface area contributed by atoms with Crippen LogP contribution in [-0.4, -0.2) is 16.4 Å². The molecule has 0 aliphatic carbocycles. The Hall–Kier alpha value is -3.66. The zero-order valence-corrected chi connectivity index (χ0v) is 14.7. The summed E-state index contributed by atoms with van der Waals surface area (Å²) < 4.78 is 7.51. The van der Waals surface area contributed by atoms with E-state index in [0.717, 1.165) is 22.0 Å². The van der Waals surface area contributed by atoms with Crippen LogP contribution in [0.2, 0.25) is 0 Å². The van der Waals surface area contributed by atoms with Crippen LogP contribution in [0.25, 0.3) is 27.9 Å². The predicted octanol–water partition coefficient (Wildman–Crippen LogP) is 4.68. The highest BCUT2D eigenvalue weighted by Crippen LogP contribution is 2.29. The van der Waals surface area contributed by atoms with E-state index in [1.807, 2.05) is 48.5 Å². The number of aromatic nitrogens is 1. The van der Waals surface area contributed by atoms with Crippen LogP contribution in [0.3, 0.4) is 0 Å². The molecular weight excluding hydrogens is 336 g/mol. The van der Waals surface area contributed by atoms with Crippen LogP contribution in [0.1, 0.15) is 11.1 Å². The molecule has 1 aliphatic heterocycles. The van der Waals surface area contributed by atoms with E-state index in [0.29, 0.717) is 11.6 Å². The number of esters is 1. The summed E-state index contributed by atoms with van der Waals surface area (Å²) in [5, 5.41) is 2.35. The first-order chi connectivity index (χ1) is 13.2. The number of hydrogen-bond acceptors (Lipinski definition) is 3. The van der Waals surface area contributed by atoms with Crippen molar-refractivity contribution in [2.75, 3.05) is 0 Å². The molecule has 5 rings (SSSR count). The third kappa shape index (κ3) is 2.54. The van der Waals surface area contributed by atoms with Crippen molar-refractivity contribution in [3.63, 3.8) is 0 Å². The molecule has 0 saturated heterocycles. The molecule has 0 spiro atoms. The largest absolute Gasteiger partial charge is 0.402 e. The van der Waals surface area contributed by atoms with Crippen molar-refractivity contribution < 1.29 is 9.53 Å². The van der Waals surface area contributed by atoms with E-state index >= 15 is 0 Å². The molecule has 0 amide bonds. The van der Waals surface area contributed by atoms with E-state index in [4.69, 9.17) is 4.74 Å². The van der Waals surface area contributed by atoms with Crippen molar-refractivity contribution in [1.29, 1.82) is 0 Å². The van der Waals surface area contributed by atoms with Gasteiger partial charge in [0.2, 0.25) is 5.90 Å². The highest BCUT2D eigenvalue weighted by molar-refractivity contribution is 6.13. The van der Waals surface area contributed by atoms with Crippen LogP contribution in [-0.2, 0) is 16.6 Å². The van der Waals surface area contributed by atoms with E-state index in [-0.39, 0.29) is 0 Å². The summed E-state index contributed by atoms with van der Waals surface area (Å²) in [6.45, 7) is 0. The van der Waals surface area contributed by atoms with Gasteiger partial charge in [0.15, 0.2) is 5.70 Å². The molecule has 27 heavy (non-hydrogen) atoms. The lowest BCUT2D eigenvalue weighted by Gasteiger charge is -1.99. The molecule has 0 radical (unpaired) electrons. The van der Waals surface area contributed by atoms with Crippen molar-refractivity contribution in [2.24, 2.45) is 12.0 Å². The third-order valence-corrected chi connectivity index (χ3v) is 4.88. The Kier molecular flexibility index (Phi) is 3.44. The summed E-state index contributed by atoms with van der Waals surface area (Å²) >= 11 is 0. The normalized spacial score (nSPS) is 15.5. The number of cyclic esters (lactones) is 1. The fourth-order valence-corrected chi connectivity index (χ4v) is 3.55. The lowest BCUT2D eigenvalue weighted by Crippen LogP contribution is -2.04. The standard InChI is InChI=1S/C23H16N2O2/c1-25-20-10-6-5-9-17(20)18-13-15(11-12-21(18)25)14-19-23(26)27-22(24-19)16-7-3-2-4-8-16/h2-14H,1H3/b19-14-. The van der Waals surface area contributed by atoms with Gasteiger partial charge >= 0.3 is 5.97 Å². The van der Waals surface area contributed by atoms with E-state index in [1.165, 1.54) is 10.9 Å². The van der Waals surface area contributed by atoms with Crippen molar-refractivity contribution in [1.82, 2.24) is 4.57 Å². The number of nitrogens with zero attached hydrogens (tertiary/aromatic N) is 2. The van der Waals surface area contributed by atoms with Gasteiger partial charge in [-0.25, -0.2) is 9.79 Å². The summed E-state index contributed by atoms with van der Waals surface area (Å²) in [5.74, 6) is -0.0787. The number of aliphatic imine (C=N–C) groups is 1. The lowest BCUT2D eigenvalue weighted by atomic mass is 10.1. The Balaban J connectivity index is 1.61. The second-order valence-electron chi connectivity index (χ2n) is 6.55. The summed E-state index contributed by atoms with van der Waals surface area (Å²) in [4.78, 5) is 16.6. The molecule has 4 aromatic rings. The van der Waals surface area contributed by atoms with E-state index in [2.05, 4.69) is 40.9 Å². The number of ether oxygens (including phenoxy) is 1. The number of para-hydroxylation sites is 1. The quantitative estimate of drug-likeness (QED) is 0.388. The SMILES string of the molecule is Cn1c2ccccc2c2cc(/C=C3\N=C(c4ccccc4)OC3=O)ccc21. The average Bonchev–Trinajstić information content (AvgIpc) is 3.21. The Labute approximate surface area is 156 Å². The Morgan fingerprint density at radius 2 is 1.63 bits per heavy atom. The second-order valence-corrected chi connectivity index (χ2v) is 6.55. The Bertz CT molecular complexity index is 1260. The molecule has 3 aromatic carbocycles. The van der Waals surface area contributed by atoms with Gasteiger partial charge < -0.3 is 9.30 Å². The van der Waals surface area contributed by atoms with Crippen LogP contribution in [0, 0.1) is 0 Å². The summed E-state index contributed by atoms with van der Waals surface area (Å²) in [6, 6.07) is 23.9. The Morgan fingerprint density at radius 3 is 2.48 bits per heavy atom. The molecule has 1 aromatic heterocycles. The second kappa shape index (κ2) is 5.95. The molecular formula is C23H16N2O2. The van der Waals surface area contributed by atoms with Crippen molar-refractivity contribution in [2.45, 2.75) is 0 Å². The molecule has 0 saturated carbocycles. The number of hydrogen-bond donors (Lipinski definition) is 0. The maximum absolute atomic E-state index is 12.2. The number of benzene rings is 3. The molecule has 4 nitrogen and oxygen atoms in total. The molecule has 4 heteroatoms. The minimum Gasteiger partial charge on any atom is -0.402 e. The number of fused-ring (bicyclic) bond motifs is 3. The zero-order valence-electron chi connectivity index (χ0n) is 14.7. The molecule has 0 unspecified atom stereocenters. The average molecular weight is 352 g/mol. The Morgan fingerprint density at radius 1 is 0.889 bits per heavy atom. The van der Waals surface area contributed by atoms with Crippen LogP contribution >= 0.6 is 0 Å². The smallest absolute Gasteiger partial charge is 0.363 e. The van der Waals surface area contributed by atoms with E-state index in [9.17, 15) is 4.79 Å². The summed E-state index contributed by atoms with van der Waals surface area (Å²) in [7, 11) is 2.06.